The maximum absolute atomic E-state index is 13.7. The van der Waals surface area contributed by atoms with Crippen LogP contribution in [0.3, 0.4) is 0 Å². The first-order chi connectivity index (χ1) is 8.47. The van der Waals surface area contributed by atoms with Gasteiger partial charge in [0.25, 0.3) is 0 Å². The molecule has 0 aliphatic carbocycles. The summed E-state index contributed by atoms with van der Waals surface area (Å²) in [6.07, 6.45) is 1.60. The third-order valence-electron chi connectivity index (χ3n) is 2.92. The van der Waals surface area contributed by atoms with Crippen LogP contribution in [0.1, 0.15) is 45.2 Å². The maximum atomic E-state index is 13.7. The SMILES string of the molecule is CCNC(CCC(C)C)c1ccc(F)c(F)c1F. The minimum absolute atomic E-state index is 0.205. The Morgan fingerprint density at radius 1 is 1.06 bits per heavy atom. The van der Waals surface area contributed by atoms with Crippen molar-refractivity contribution in [3.63, 3.8) is 0 Å². The van der Waals surface area contributed by atoms with Crippen LogP contribution >= 0.6 is 0 Å². The molecule has 0 bridgehead atoms. The molecule has 4 heteroatoms. The van der Waals surface area contributed by atoms with Gasteiger partial charge < -0.3 is 5.32 Å². The highest BCUT2D eigenvalue weighted by molar-refractivity contribution is 5.23. The van der Waals surface area contributed by atoms with Crippen molar-refractivity contribution >= 4 is 0 Å². The van der Waals surface area contributed by atoms with Crippen molar-refractivity contribution in [2.24, 2.45) is 5.92 Å². The lowest BCUT2D eigenvalue weighted by molar-refractivity contribution is 0.404. The number of halogens is 3. The Balaban J connectivity index is 2.94. The molecule has 0 aliphatic rings. The third kappa shape index (κ3) is 3.73. The molecule has 0 aromatic heterocycles. The molecule has 0 fully saturated rings. The van der Waals surface area contributed by atoms with Gasteiger partial charge in [0.05, 0.1) is 0 Å². The molecule has 1 aromatic rings. The summed E-state index contributed by atoms with van der Waals surface area (Å²) in [6.45, 7) is 6.70. The Morgan fingerprint density at radius 2 is 1.72 bits per heavy atom. The van der Waals surface area contributed by atoms with E-state index in [4.69, 9.17) is 0 Å². The fourth-order valence-electron chi connectivity index (χ4n) is 1.92. The molecule has 0 aliphatic heterocycles. The minimum atomic E-state index is -1.39. The molecule has 1 atom stereocenters. The largest absolute Gasteiger partial charge is 0.310 e. The second-order valence-electron chi connectivity index (χ2n) is 4.85. The summed E-state index contributed by atoms with van der Waals surface area (Å²) in [5.41, 5.74) is 0.205. The average Bonchev–Trinajstić information content (AvgIpc) is 2.32. The van der Waals surface area contributed by atoms with Crippen molar-refractivity contribution in [1.82, 2.24) is 5.32 Å². The van der Waals surface area contributed by atoms with E-state index in [9.17, 15) is 13.2 Å². The predicted molar refractivity (Wildman–Crippen MR) is 66.8 cm³/mol. The highest BCUT2D eigenvalue weighted by Gasteiger charge is 2.20. The molecule has 0 spiro atoms. The van der Waals surface area contributed by atoms with Gasteiger partial charge in [0.15, 0.2) is 17.5 Å². The number of hydrogen-bond acceptors (Lipinski definition) is 1. The van der Waals surface area contributed by atoms with E-state index in [0.29, 0.717) is 18.9 Å². The number of nitrogens with one attached hydrogen (secondary N) is 1. The van der Waals surface area contributed by atoms with Crippen molar-refractivity contribution in [2.45, 2.75) is 39.7 Å². The lowest BCUT2D eigenvalue weighted by Gasteiger charge is -2.20. The standard InChI is InChI=1S/C14H20F3N/c1-4-18-12(8-5-9(2)3)10-6-7-11(15)14(17)13(10)16/h6-7,9,12,18H,4-5,8H2,1-3H3. The van der Waals surface area contributed by atoms with Gasteiger partial charge in [0.2, 0.25) is 0 Å². The van der Waals surface area contributed by atoms with Gasteiger partial charge >= 0.3 is 0 Å². The van der Waals surface area contributed by atoms with Crippen LogP contribution in [0.15, 0.2) is 12.1 Å². The fourth-order valence-corrected chi connectivity index (χ4v) is 1.92. The maximum Gasteiger partial charge on any atom is 0.194 e. The summed E-state index contributed by atoms with van der Waals surface area (Å²) >= 11 is 0. The molecule has 1 rings (SSSR count). The lowest BCUT2D eigenvalue weighted by Crippen LogP contribution is -2.23. The van der Waals surface area contributed by atoms with Crippen molar-refractivity contribution in [3.05, 3.63) is 35.1 Å². The van der Waals surface area contributed by atoms with Gasteiger partial charge in [-0.05, 0) is 31.4 Å². The molecule has 0 saturated heterocycles. The van der Waals surface area contributed by atoms with Crippen LogP contribution < -0.4 is 5.32 Å². The first kappa shape index (κ1) is 15.0. The molecule has 18 heavy (non-hydrogen) atoms. The van der Waals surface area contributed by atoms with Gasteiger partial charge in [0, 0.05) is 11.6 Å². The van der Waals surface area contributed by atoms with Crippen molar-refractivity contribution in [3.8, 4) is 0 Å². The van der Waals surface area contributed by atoms with E-state index in [2.05, 4.69) is 19.2 Å². The second kappa shape index (κ2) is 6.78. The molecule has 1 N–H and O–H groups in total. The summed E-state index contributed by atoms with van der Waals surface area (Å²) < 4.78 is 39.8. The van der Waals surface area contributed by atoms with Crippen molar-refractivity contribution in [1.29, 1.82) is 0 Å². The Hall–Kier alpha value is -1.03. The van der Waals surface area contributed by atoms with E-state index in [-0.39, 0.29) is 11.6 Å². The van der Waals surface area contributed by atoms with Crippen LogP contribution in [0.5, 0.6) is 0 Å². The van der Waals surface area contributed by atoms with Crippen LogP contribution in [0, 0.1) is 23.4 Å². The van der Waals surface area contributed by atoms with Gasteiger partial charge in [-0.1, -0.05) is 26.8 Å². The highest BCUT2D eigenvalue weighted by Crippen LogP contribution is 2.26. The third-order valence-corrected chi connectivity index (χ3v) is 2.92. The van der Waals surface area contributed by atoms with Crippen LogP contribution in [-0.4, -0.2) is 6.54 Å². The summed E-state index contributed by atoms with van der Waals surface area (Å²) in [5, 5.41) is 3.11. The topological polar surface area (TPSA) is 12.0 Å². The number of hydrogen-bond donors (Lipinski definition) is 1. The Kier molecular flexibility index (Phi) is 5.66. The van der Waals surface area contributed by atoms with E-state index in [1.54, 1.807) is 0 Å². The van der Waals surface area contributed by atoms with Crippen LogP contribution in [-0.2, 0) is 0 Å². The summed E-state index contributed by atoms with van der Waals surface area (Å²) in [6, 6.07) is 2.03. The van der Waals surface area contributed by atoms with Crippen molar-refractivity contribution < 1.29 is 13.2 Å². The molecule has 0 heterocycles. The first-order valence-electron chi connectivity index (χ1n) is 6.34. The average molecular weight is 259 g/mol. The Morgan fingerprint density at radius 3 is 2.28 bits per heavy atom. The van der Waals surface area contributed by atoms with Gasteiger partial charge in [-0.25, -0.2) is 13.2 Å². The molecule has 102 valence electrons. The summed E-state index contributed by atoms with van der Waals surface area (Å²) in [5.74, 6) is -3.13. The zero-order chi connectivity index (χ0) is 13.7. The quantitative estimate of drug-likeness (QED) is 0.755. The molecular weight excluding hydrogens is 239 g/mol. The monoisotopic (exact) mass is 259 g/mol. The molecule has 1 aromatic carbocycles. The van der Waals surface area contributed by atoms with Crippen molar-refractivity contribution in [2.75, 3.05) is 6.54 Å². The van der Waals surface area contributed by atoms with E-state index in [1.807, 2.05) is 6.92 Å². The first-order valence-corrected chi connectivity index (χ1v) is 6.34. The van der Waals surface area contributed by atoms with Crippen LogP contribution in [0.25, 0.3) is 0 Å². The van der Waals surface area contributed by atoms with E-state index >= 15 is 0 Å². The van der Waals surface area contributed by atoms with Gasteiger partial charge in [-0.15, -0.1) is 0 Å². The van der Waals surface area contributed by atoms with E-state index in [1.165, 1.54) is 6.07 Å². The lowest BCUT2D eigenvalue weighted by atomic mass is 9.97. The molecule has 1 nitrogen and oxygen atoms in total. The molecule has 0 saturated carbocycles. The van der Waals surface area contributed by atoms with Gasteiger partial charge in [0.1, 0.15) is 0 Å². The normalized spacial score (nSPS) is 13.1. The van der Waals surface area contributed by atoms with E-state index < -0.39 is 17.5 Å². The fraction of sp³-hybridized carbons (Fsp3) is 0.571. The summed E-state index contributed by atoms with van der Waals surface area (Å²) in [4.78, 5) is 0. The van der Waals surface area contributed by atoms with Gasteiger partial charge in [-0.2, -0.15) is 0 Å². The Bertz CT molecular complexity index is 391. The molecule has 0 amide bonds. The molecule has 0 radical (unpaired) electrons. The zero-order valence-electron chi connectivity index (χ0n) is 11.1. The second-order valence-corrected chi connectivity index (χ2v) is 4.85. The Labute approximate surface area is 106 Å². The summed E-state index contributed by atoms with van der Waals surface area (Å²) in [7, 11) is 0. The van der Waals surface area contributed by atoms with E-state index in [0.717, 1.165) is 12.5 Å². The predicted octanol–water partition coefficient (Wildman–Crippen LogP) is 4.19. The number of rotatable bonds is 6. The van der Waals surface area contributed by atoms with Crippen LogP contribution in [0.2, 0.25) is 0 Å². The zero-order valence-corrected chi connectivity index (χ0v) is 11.1. The molecule has 1 unspecified atom stereocenters. The molecular formula is C14H20F3N. The van der Waals surface area contributed by atoms with Crippen LogP contribution in [0.4, 0.5) is 13.2 Å². The minimum Gasteiger partial charge on any atom is -0.310 e. The number of benzene rings is 1. The highest BCUT2D eigenvalue weighted by atomic mass is 19.2. The smallest absolute Gasteiger partial charge is 0.194 e. The van der Waals surface area contributed by atoms with Gasteiger partial charge in [-0.3, -0.25) is 0 Å².